The van der Waals surface area contributed by atoms with Crippen LogP contribution in [0.4, 0.5) is 5.82 Å². The fourth-order valence-corrected chi connectivity index (χ4v) is 1.27. The first-order valence-electron chi connectivity index (χ1n) is 4.67. The van der Waals surface area contributed by atoms with Crippen LogP contribution in [0, 0.1) is 0 Å². The third-order valence-corrected chi connectivity index (χ3v) is 2.00. The van der Waals surface area contributed by atoms with Crippen molar-refractivity contribution in [2.24, 2.45) is 0 Å². The molecule has 0 aliphatic carbocycles. The van der Waals surface area contributed by atoms with Crippen molar-refractivity contribution in [3.8, 4) is 0 Å². The van der Waals surface area contributed by atoms with Crippen LogP contribution in [0.1, 0.15) is 20.8 Å². The van der Waals surface area contributed by atoms with Crippen molar-refractivity contribution in [3.05, 3.63) is 41.9 Å². The molecule has 1 amide bonds. The van der Waals surface area contributed by atoms with Crippen LogP contribution >= 0.6 is 0 Å². The highest BCUT2D eigenvalue weighted by atomic mass is 16.4. The Morgan fingerprint density at radius 1 is 1.29 bits per heavy atom. The average molecular weight is 232 g/mol. The summed E-state index contributed by atoms with van der Waals surface area (Å²) in [5.74, 6) is -1.43. The van der Waals surface area contributed by atoms with Gasteiger partial charge in [-0.2, -0.15) is 5.10 Å². The number of aromatic carboxylic acids is 1. The van der Waals surface area contributed by atoms with Crippen LogP contribution in [0.25, 0.3) is 0 Å². The zero-order valence-corrected chi connectivity index (χ0v) is 8.54. The van der Waals surface area contributed by atoms with Gasteiger partial charge in [-0.1, -0.05) is 0 Å². The van der Waals surface area contributed by atoms with Crippen LogP contribution in [0.5, 0.6) is 0 Å². The predicted octanol–water partition coefficient (Wildman–Crippen LogP) is 0.755. The number of carboxylic acids is 1. The summed E-state index contributed by atoms with van der Waals surface area (Å²) in [5, 5.41) is 17.5. The average Bonchev–Trinajstić information content (AvgIpc) is 2.81. The van der Waals surface area contributed by atoms with Crippen molar-refractivity contribution < 1.29 is 14.7 Å². The van der Waals surface area contributed by atoms with Gasteiger partial charge in [0.05, 0.1) is 11.8 Å². The summed E-state index contributed by atoms with van der Waals surface area (Å²) in [5.41, 5.74) is -0.292. The van der Waals surface area contributed by atoms with Crippen LogP contribution in [-0.2, 0) is 0 Å². The summed E-state index contributed by atoms with van der Waals surface area (Å²) in [6, 6.07) is 4.31. The molecular weight excluding hydrogens is 224 g/mol. The molecule has 2 rings (SSSR count). The lowest BCUT2D eigenvalue weighted by Gasteiger charge is -2.04. The number of hydrogen-bond acceptors (Lipinski definition) is 4. The molecule has 3 N–H and O–H groups in total. The van der Waals surface area contributed by atoms with Crippen LogP contribution in [0.15, 0.2) is 30.6 Å². The number of carboxylic acid groups (broad SMARTS) is 1. The number of H-pyrrole nitrogens is 1. The summed E-state index contributed by atoms with van der Waals surface area (Å²) >= 11 is 0. The molecule has 0 radical (unpaired) electrons. The van der Waals surface area contributed by atoms with E-state index in [0.717, 1.165) is 0 Å². The second-order valence-electron chi connectivity index (χ2n) is 3.13. The lowest BCUT2D eigenvalue weighted by molar-refractivity contribution is 0.0691. The monoisotopic (exact) mass is 232 g/mol. The number of anilines is 1. The highest BCUT2D eigenvalue weighted by Gasteiger charge is 2.17. The standard InChI is InChI=1S/C10H8N4O3/c15-9(13-7-3-5-12-14-7)8-6(10(16)17)2-1-4-11-8/h1-5H,(H,16,17)(H2,12,13,14,15). The molecule has 17 heavy (non-hydrogen) atoms. The predicted molar refractivity (Wildman–Crippen MR) is 57.7 cm³/mol. The van der Waals surface area contributed by atoms with Gasteiger partial charge in [-0.15, -0.1) is 0 Å². The molecule has 0 spiro atoms. The van der Waals surface area contributed by atoms with E-state index in [1.807, 2.05) is 0 Å². The van der Waals surface area contributed by atoms with E-state index in [0.29, 0.717) is 5.82 Å². The molecule has 7 nitrogen and oxygen atoms in total. The Bertz CT molecular complexity index is 550. The maximum absolute atomic E-state index is 11.8. The number of pyridine rings is 1. The summed E-state index contributed by atoms with van der Waals surface area (Å²) < 4.78 is 0. The second-order valence-corrected chi connectivity index (χ2v) is 3.13. The molecule has 0 atom stereocenters. The van der Waals surface area contributed by atoms with Crippen LogP contribution in [0.2, 0.25) is 0 Å². The molecule has 0 aromatic carbocycles. The normalized spacial score (nSPS) is 9.88. The minimum absolute atomic E-state index is 0.144. The van der Waals surface area contributed by atoms with E-state index >= 15 is 0 Å². The molecule has 0 saturated carbocycles. The van der Waals surface area contributed by atoms with Gasteiger partial charge >= 0.3 is 5.97 Å². The van der Waals surface area contributed by atoms with Crippen LogP contribution in [0.3, 0.4) is 0 Å². The zero-order chi connectivity index (χ0) is 12.3. The Hall–Kier alpha value is -2.70. The highest BCUT2D eigenvalue weighted by molar-refractivity contribution is 6.08. The number of aromatic nitrogens is 3. The van der Waals surface area contributed by atoms with Gasteiger partial charge in [-0.3, -0.25) is 14.9 Å². The molecule has 0 aliphatic heterocycles. The van der Waals surface area contributed by atoms with Crippen molar-refractivity contribution in [1.82, 2.24) is 15.2 Å². The van der Waals surface area contributed by atoms with Gasteiger partial charge in [0.15, 0.2) is 0 Å². The number of rotatable bonds is 3. The fourth-order valence-electron chi connectivity index (χ4n) is 1.27. The number of carbonyl (C=O) groups is 2. The van der Waals surface area contributed by atoms with E-state index in [9.17, 15) is 9.59 Å². The molecule has 86 valence electrons. The van der Waals surface area contributed by atoms with Crippen molar-refractivity contribution in [3.63, 3.8) is 0 Å². The summed E-state index contributed by atoms with van der Waals surface area (Å²) in [4.78, 5) is 26.4. The molecule has 2 aromatic rings. The Kier molecular flexibility index (Phi) is 2.82. The lowest BCUT2D eigenvalue weighted by Crippen LogP contribution is -2.18. The van der Waals surface area contributed by atoms with Gasteiger partial charge in [-0.25, -0.2) is 4.79 Å². The van der Waals surface area contributed by atoms with Gasteiger partial charge in [0, 0.05) is 12.3 Å². The van der Waals surface area contributed by atoms with E-state index < -0.39 is 11.9 Å². The first kappa shape index (κ1) is 10.8. The molecule has 0 saturated heterocycles. The van der Waals surface area contributed by atoms with Crippen molar-refractivity contribution in [2.45, 2.75) is 0 Å². The molecule has 0 unspecified atom stereocenters. The summed E-state index contributed by atoms with van der Waals surface area (Å²) in [7, 11) is 0. The SMILES string of the molecule is O=C(O)c1cccnc1C(=O)Nc1ccn[nH]1. The van der Waals surface area contributed by atoms with Crippen LogP contribution in [-0.4, -0.2) is 32.2 Å². The fraction of sp³-hybridized carbons (Fsp3) is 0. The quantitative estimate of drug-likeness (QED) is 0.723. The Morgan fingerprint density at radius 3 is 2.76 bits per heavy atom. The van der Waals surface area contributed by atoms with Gasteiger partial charge in [0.2, 0.25) is 0 Å². The van der Waals surface area contributed by atoms with Gasteiger partial charge in [-0.05, 0) is 12.1 Å². The number of nitrogens with zero attached hydrogens (tertiary/aromatic N) is 2. The maximum Gasteiger partial charge on any atom is 0.338 e. The molecule has 0 fully saturated rings. The molecule has 0 aliphatic rings. The van der Waals surface area contributed by atoms with E-state index in [2.05, 4.69) is 20.5 Å². The van der Waals surface area contributed by atoms with Crippen molar-refractivity contribution in [2.75, 3.05) is 5.32 Å². The Labute approximate surface area is 95.5 Å². The van der Waals surface area contributed by atoms with E-state index in [-0.39, 0.29) is 11.3 Å². The number of nitrogens with one attached hydrogen (secondary N) is 2. The Morgan fingerprint density at radius 2 is 2.12 bits per heavy atom. The van der Waals surface area contributed by atoms with E-state index in [1.165, 1.54) is 24.5 Å². The summed E-state index contributed by atoms with van der Waals surface area (Å²) in [6.07, 6.45) is 2.82. The third kappa shape index (κ3) is 2.28. The zero-order valence-electron chi connectivity index (χ0n) is 8.54. The lowest BCUT2D eigenvalue weighted by atomic mass is 10.2. The molecule has 2 aromatic heterocycles. The van der Waals surface area contributed by atoms with Crippen LogP contribution < -0.4 is 5.32 Å². The van der Waals surface area contributed by atoms with Gasteiger partial charge in [0.1, 0.15) is 11.5 Å². The number of aromatic amines is 1. The highest BCUT2D eigenvalue weighted by Crippen LogP contribution is 2.08. The second kappa shape index (κ2) is 4.44. The number of carbonyl (C=O) groups excluding carboxylic acids is 1. The summed E-state index contributed by atoms with van der Waals surface area (Å²) in [6.45, 7) is 0. The molecular formula is C10H8N4O3. The minimum atomic E-state index is -1.20. The van der Waals surface area contributed by atoms with Crippen molar-refractivity contribution >= 4 is 17.7 Å². The molecule has 7 heteroatoms. The minimum Gasteiger partial charge on any atom is -0.478 e. The number of hydrogen-bond donors (Lipinski definition) is 3. The first-order chi connectivity index (χ1) is 8.18. The smallest absolute Gasteiger partial charge is 0.338 e. The van der Waals surface area contributed by atoms with Gasteiger partial charge in [0.25, 0.3) is 5.91 Å². The molecule has 0 bridgehead atoms. The number of amides is 1. The van der Waals surface area contributed by atoms with E-state index in [1.54, 1.807) is 6.07 Å². The molecule has 2 heterocycles. The van der Waals surface area contributed by atoms with E-state index in [4.69, 9.17) is 5.11 Å². The Balaban J connectivity index is 2.28. The van der Waals surface area contributed by atoms with Gasteiger partial charge < -0.3 is 10.4 Å². The largest absolute Gasteiger partial charge is 0.478 e. The maximum atomic E-state index is 11.8. The topological polar surface area (TPSA) is 108 Å². The van der Waals surface area contributed by atoms with Crippen molar-refractivity contribution in [1.29, 1.82) is 0 Å². The first-order valence-corrected chi connectivity index (χ1v) is 4.67. The third-order valence-electron chi connectivity index (χ3n) is 2.00.